The van der Waals surface area contributed by atoms with Crippen LogP contribution >= 0.6 is 19.1 Å². The molecule has 0 atom stereocenters. The highest BCUT2D eigenvalue weighted by Crippen LogP contribution is 2.43. The molecule has 0 heterocycles. The van der Waals surface area contributed by atoms with E-state index < -0.39 is 6.89 Å². The lowest BCUT2D eigenvalue weighted by atomic mass is 10.4. The molecule has 0 spiro atoms. The highest BCUT2D eigenvalue weighted by molar-refractivity contribution is 7.97. The van der Waals surface area contributed by atoms with Crippen molar-refractivity contribution in [2.45, 2.75) is 0 Å². The second kappa shape index (κ2) is 7.61. The van der Waals surface area contributed by atoms with E-state index in [1.165, 1.54) is 15.9 Å². The third kappa shape index (κ3) is 3.21. The second-order valence-electron chi connectivity index (χ2n) is 5.47. The zero-order valence-corrected chi connectivity index (χ0v) is 15.3. The van der Waals surface area contributed by atoms with Crippen LogP contribution in [0.15, 0.2) is 91.0 Å². The minimum atomic E-state index is -1.95. The number of benzene rings is 3. The van der Waals surface area contributed by atoms with Crippen molar-refractivity contribution >= 4 is 45.8 Å². The first-order valence-corrected chi connectivity index (χ1v) is 10.2. The summed E-state index contributed by atoms with van der Waals surface area (Å²) < 4.78 is 0. The molecule has 24 heavy (non-hydrogen) atoms. The highest BCUT2D eigenvalue weighted by atomic mass is 32.1. The van der Waals surface area contributed by atoms with Crippen LogP contribution in [0.2, 0.25) is 0 Å². The summed E-state index contributed by atoms with van der Waals surface area (Å²) in [5.41, 5.74) is 0. The Hall–Kier alpha value is -2.15. The Morgan fingerprint density at radius 2 is 1.04 bits per heavy atom. The van der Waals surface area contributed by atoms with Gasteiger partial charge in [-0.05, 0) is 28.6 Å². The molecule has 0 aliphatic carbocycles. The molecule has 0 unspecified atom stereocenters. The second-order valence-corrected chi connectivity index (χ2v) is 9.17. The van der Waals surface area contributed by atoms with Crippen molar-refractivity contribution in [1.82, 2.24) is 5.32 Å². The third-order valence-electron chi connectivity index (χ3n) is 4.05. The summed E-state index contributed by atoms with van der Waals surface area (Å²) in [5, 5.41) is 7.05. The summed E-state index contributed by atoms with van der Waals surface area (Å²) in [6.45, 7) is -1.95. The number of nitrogens with one attached hydrogen (secondary N) is 1. The van der Waals surface area contributed by atoms with E-state index in [1.54, 1.807) is 0 Å². The largest absolute Gasteiger partial charge is 0.379 e. The molecule has 1 nitrogen and oxygen atoms in total. The van der Waals surface area contributed by atoms with Gasteiger partial charge in [-0.25, -0.2) is 0 Å². The lowest BCUT2D eigenvalue weighted by Gasteiger charge is -2.28. The van der Waals surface area contributed by atoms with Crippen LogP contribution in [0, 0.1) is 0 Å². The molecule has 3 aromatic carbocycles. The number of hydrogen-bond acceptors (Lipinski definition) is 1. The maximum Gasteiger partial charge on any atom is 0.0996 e. The van der Waals surface area contributed by atoms with E-state index in [-0.39, 0.29) is 0 Å². The zero-order chi connectivity index (χ0) is 16.8. The van der Waals surface area contributed by atoms with Gasteiger partial charge in [-0.15, -0.1) is 0 Å². The lowest BCUT2D eigenvalue weighted by Crippen LogP contribution is -2.30. The molecule has 3 heteroatoms. The molecule has 1 N–H and O–H groups in total. The molecule has 0 aliphatic rings. The molecule has 120 valence electrons. The summed E-state index contributed by atoms with van der Waals surface area (Å²) in [7, 11) is 1.88. The predicted octanol–water partition coefficient (Wildman–Crippen LogP) is 3.33. The van der Waals surface area contributed by atoms with Crippen LogP contribution in [-0.2, 0) is 0 Å². The molecule has 0 aromatic heterocycles. The summed E-state index contributed by atoms with van der Waals surface area (Å²) in [4.78, 5) is 0.778. The average Bonchev–Trinajstić information content (AvgIpc) is 2.68. The monoisotopic (exact) mass is 349 g/mol. The molecule has 0 aliphatic heterocycles. The highest BCUT2D eigenvalue weighted by Gasteiger charge is 2.25. The SMILES string of the molecule is CNC(=S)C=P(c1ccccc1)(c1ccccc1)c1ccccc1. The van der Waals surface area contributed by atoms with Crippen molar-refractivity contribution in [2.75, 3.05) is 7.05 Å². The van der Waals surface area contributed by atoms with Crippen LogP contribution in [0.5, 0.6) is 0 Å². The Labute approximate surface area is 149 Å². The Morgan fingerprint density at radius 3 is 1.33 bits per heavy atom. The first kappa shape index (κ1) is 16.7. The lowest BCUT2D eigenvalue weighted by molar-refractivity contribution is 1.23. The van der Waals surface area contributed by atoms with Crippen molar-refractivity contribution in [2.24, 2.45) is 0 Å². The first-order chi connectivity index (χ1) is 11.8. The third-order valence-corrected chi connectivity index (χ3v) is 8.53. The molecular weight excluding hydrogens is 329 g/mol. The fourth-order valence-corrected chi connectivity index (χ4v) is 7.12. The molecule has 0 bridgehead atoms. The first-order valence-electron chi connectivity index (χ1n) is 7.90. The summed E-state index contributed by atoms with van der Waals surface area (Å²) in [6.07, 6.45) is 0. The number of rotatable bonds is 4. The normalized spacial score (nSPS) is 10.9. The van der Waals surface area contributed by atoms with Gasteiger partial charge < -0.3 is 5.32 Å². The maximum absolute atomic E-state index is 5.56. The standard InChI is InChI=1S/C21H20NPS/c1-22-21(24)17-23(18-11-5-2-6-12-18,19-13-7-3-8-14-19)20-15-9-4-10-16-20/h2-17H,1H3,(H,22,24). The molecular formula is C21H20NPS. The van der Waals surface area contributed by atoms with Crippen LogP contribution in [0.3, 0.4) is 0 Å². The van der Waals surface area contributed by atoms with Crippen molar-refractivity contribution in [3.63, 3.8) is 0 Å². The molecule has 0 radical (unpaired) electrons. The van der Waals surface area contributed by atoms with E-state index in [0.29, 0.717) is 0 Å². The molecule has 3 rings (SSSR count). The molecule has 0 saturated carbocycles. The van der Waals surface area contributed by atoms with Crippen LogP contribution in [-0.4, -0.2) is 17.8 Å². The summed E-state index contributed by atoms with van der Waals surface area (Å²) >= 11 is 5.56. The summed E-state index contributed by atoms with van der Waals surface area (Å²) in [6, 6.07) is 32.1. The van der Waals surface area contributed by atoms with Crippen LogP contribution in [0.25, 0.3) is 0 Å². The summed E-state index contributed by atoms with van der Waals surface area (Å²) in [5.74, 6) is 2.25. The fourth-order valence-electron chi connectivity index (χ4n) is 2.90. The van der Waals surface area contributed by atoms with Crippen molar-refractivity contribution in [3.8, 4) is 0 Å². The van der Waals surface area contributed by atoms with Gasteiger partial charge in [-0.2, -0.15) is 0 Å². The topological polar surface area (TPSA) is 12.0 Å². The van der Waals surface area contributed by atoms with E-state index in [2.05, 4.69) is 102 Å². The van der Waals surface area contributed by atoms with E-state index in [1.807, 2.05) is 7.05 Å². The zero-order valence-electron chi connectivity index (χ0n) is 13.6. The Kier molecular flexibility index (Phi) is 5.30. The van der Waals surface area contributed by atoms with Gasteiger partial charge >= 0.3 is 0 Å². The van der Waals surface area contributed by atoms with Crippen LogP contribution < -0.4 is 21.2 Å². The number of thiocarbonyl (C=S) groups is 1. The van der Waals surface area contributed by atoms with Crippen molar-refractivity contribution in [3.05, 3.63) is 91.0 Å². The van der Waals surface area contributed by atoms with Crippen molar-refractivity contribution in [1.29, 1.82) is 0 Å². The van der Waals surface area contributed by atoms with Gasteiger partial charge in [0.25, 0.3) is 0 Å². The molecule has 0 fully saturated rings. The maximum atomic E-state index is 5.56. The Balaban J connectivity index is 2.42. The Morgan fingerprint density at radius 1 is 0.708 bits per heavy atom. The minimum absolute atomic E-state index is 0.778. The van der Waals surface area contributed by atoms with Gasteiger partial charge in [0.15, 0.2) is 0 Å². The quantitative estimate of drug-likeness (QED) is 0.573. The molecule has 0 amide bonds. The van der Waals surface area contributed by atoms with E-state index in [4.69, 9.17) is 12.2 Å². The number of hydrogen-bond donors (Lipinski definition) is 1. The van der Waals surface area contributed by atoms with E-state index in [9.17, 15) is 0 Å². The Bertz CT molecular complexity index is 755. The van der Waals surface area contributed by atoms with Crippen molar-refractivity contribution < 1.29 is 0 Å². The minimum Gasteiger partial charge on any atom is -0.379 e. The average molecular weight is 349 g/mol. The molecule has 3 aromatic rings. The predicted molar refractivity (Wildman–Crippen MR) is 113 cm³/mol. The van der Waals surface area contributed by atoms with Crippen LogP contribution in [0.1, 0.15) is 0 Å². The van der Waals surface area contributed by atoms with Gasteiger partial charge in [0.05, 0.1) is 4.99 Å². The van der Waals surface area contributed by atoms with Gasteiger partial charge in [-0.3, -0.25) is 0 Å². The van der Waals surface area contributed by atoms with Gasteiger partial charge in [-0.1, -0.05) is 103 Å². The fraction of sp³-hybridized carbons (Fsp3) is 0.0476. The van der Waals surface area contributed by atoms with Gasteiger partial charge in [0.1, 0.15) is 0 Å². The van der Waals surface area contributed by atoms with E-state index in [0.717, 1.165) is 4.99 Å². The smallest absolute Gasteiger partial charge is 0.0996 e. The molecule has 0 saturated heterocycles. The van der Waals surface area contributed by atoms with Crippen LogP contribution in [0.4, 0.5) is 0 Å². The van der Waals surface area contributed by atoms with Gasteiger partial charge in [0.2, 0.25) is 0 Å². The van der Waals surface area contributed by atoms with E-state index >= 15 is 0 Å². The van der Waals surface area contributed by atoms with Gasteiger partial charge in [0, 0.05) is 7.05 Å².